The smallest absolute Gasteiger partial charge is 0.416 e. The molecule has 1 aliphatic rings. The van der Waals surface area contributed by atoms with Crippen LogP contribution in [0, 0.1) is 5.41 Å². The lowest BCUT2D eigenvalue weighted by Crippen LogP contribution is -2.50. The number of esters is 1. The van der Waals surface area contributed by atoms with Gasteiger partial charge in [0.2, 0.25) is 5.91 Å². The first kappa shape index (κ1) is 34.8. The van der Waals surface area contributed by atoms with E-state index < -0.39 is 41.0 Å². The molecule has 1 aliphatic carbocycles. The normalized spacial score (nSPS) is 14.7. The van der Waals surface area contributed by atoms with Crippen LogP contribution in [0.4, 0.5) is 18.9 Å². The Labute approximate surface area is 274 Å². The van der Waals surface area contributed by atoms with Crippen LogP contribution in [0.25, 0.3) is 0 Å². The minimum Gasteiger partial charge on any atom is -0.467 e. The van der Waals surface area contributed by atoms with Crippen molar-refractivity contribution in [3.8, 4) is 0 Å². The minimum absolute atomic E-state index is 0.0535. The van der Waals surface area contributed by atoms with Gasteiger partial charge in [-0.1, -0.05) is 60.3 Å². The molecule has 0 aromatic heterocycles. The van der Waals surface area contributed by atoms with E-state index in [-0.39, 0.29) is 46.5 Å². The predicted molar refractivity (Wildman–Crippen MR) is 168 cm³/mol. The van der Waals surface area contributed by atoms with Crippen molar-refractivity contribution in [2.24, 2.45) is 5.41 Å². The van der Waals surface area contributed by atoms with Gasteiger partial charge >= 0.3 is 12.1 Å². The van der Waals surface area contributed by atoms with E-state index in [1.807, 2.05) is 0 Å². The molecule has 13 heteroatoms. The fourth-order valence-electron chi connectivity index (χ4n) is 5.51. The summed E-state index contributed by atoms with van der Waals surface area (Å²) >= 11 is 12.2. The number of carbonyl (C=O) groups is 4. The van der Waals surface area contributed by atoms with Gasteiger partial charge in [0, 0.05) is 24.2 Å². The molecule has 0 spiro atoms. The fraction of sp³-hybridized carbons (Fsp3) is 0.333. The third-order valence-electron chi connectivity index (χ3n) is 8.02. The Kier molecular flexibility index (Phi) is 11.3. The number of nitrogens with one attached hydrogen (secondary N) is 3. The van der Waals surface area contributed by atoms with Crippen LogP contribution in [0.2, 0.25) is 10.0 Å². The van der Waals surface area contributed by atoms with E-state index in [1.165, 1.54) is 13.2 Å². The molecule has 4 rings (SSSR count). The first-order valence-corrected chi connectivity index (χ1v) is 15.3. The lowest BCUT2D eigenvalue weighted by Gasteiger charge is -2.30. The summed E-state index contributed by atoms with van der Waals surface area (Å²) in [5.74, 6) is -2.18. The molecule has 0 unspecified atom stereocenters. The van der Waals surface area contributed by atoms with Crippen molar-refractivity contribution < 1.29 is 37.1 Å². The number of alkyl halides is 3. The Morgan fingerprint density at radius 2 is 1.54 bits per heavy atom. The molecule has 3 N–H and O–H groups in total. The van der Waals surface area contributed by atoms with Crippen molar-refractivity contribution in [2.45, 2.75) is 50.7 Å². The molecule has 0 radical (unpaired) electrons. The largest absolute Gasteiger partial charge is 0.467 e. The van der Waals surface area contributed by atoms with Crippen molar-refractivity contribution in [2.75, 3.05) is 19.0 Å². The van der Waals surface area contributed by atoms with Crippen molar-refractivity contribution in [3.63, 3.8) is 0 Å². The van der Waals surface area contributed by atoms with Gasteiger partial charge in [-0.15, -0.1) is 0 Å². The van der Waals surface area contributed by atoms with Gasteiger partial charge in [-0.25, -0.2) is 4.79 Å². The van der Waals surface area contributed by atoms with Crippen molar-refractivity contribution in [1.29, 1.82) is 0 Å². The van der Waals surface area contributed by atoms with Crippen LogP contribution in [0.5, 0.6) is 0 Å². The van der Waals surface area contributed by atoms with Crippen LogP contribution in [0.3, 0.4) is 0 Å². The molecule has 1 saturated carbocycles. The number of anilines is 1. The van der Waals surface area contributed by atoms with Gasteiger partial charge in [-0.2, -0.15) is 13.2 Å². The first-order chi connectivity index (χ1) is 21.8. The van der Waals surface area contributed by atoms with Gasteiger partial charge in [0.25, 0.3) is 11.8 Å². The van der Waals surface area contributed by atoms with E-state index in [4.69, 9.17) is 27.9 Å². The van der Waals surface area contributed by atoms with Gasteiger partial charge in [0.1, 0.15) is 6.04 Å². The number of amides is 3. The lowest BCUT2D eigenvalue weighted by atomic mass is 9.81. The third kappa shape index (κ3) is 8.58. The highest BCUT2D eigenvalue weighted by Crippen LogP contribution is 2.41. The molecule has 0 saturated heterocycles. The number of hydrogen-bond acceptors (Lipinski definition) is 5. The summed E-state index contributed by atoms with van der Waals surface area (Å²) in [5, 5.41) is 8.58. The summed E-state index contributed by atoms with van der Waals surface area (Å²) in [6.07, 6.45) is -1.66. The third-order valence-corrected chi connectivity index (χ3v) is 8.65. The van der Waals surface area contributed by atoms with Gasteiger partial charge < -0.3 is 20.7 Å². The summed E-state index contributed by atoms with van der Waals surface area (Å²) in [6.45, 7) is 0.0535. The average molecular weight is 679 g/mol. The van der Waals surface area contributed by atoms with E-state index in [1.54, 1.807) is 42.5 Å². The maximum Gasteiger partial charge on any atom is 0.416 e. The number of rotatable bonds is 11. The molecule has 1 fully saturated rings. The van der Waals surface area contributed by atoms with E-state index in [0.29, 0.717) is 24.1 Å². The molecule has 0 aliphatic heterocycles. The highest BCUT2D eigenvalue weighted by atomic mass is 35.5. The SMILES string of the molecule is COC(=O)[C@H](Cc1ccc(NC(=O)c2c(Cl)cccc2Cl)cc1)NC(=O)C1(CCNC(=O)c2cccc(C(F)(F)F)c2)CCCC1. The summed E-state index contributed by atoms with van der Waals surface area (Å²) in [5.41, 5.74) is -0.661. The Morgan fingerprint density at radius 3 is 2.15 bits per heavy atom. The second-order valence-electron chi connectivity index (χ2n) is 11.1. The zero-order chi connectivity index (χ0) is 33.5. The van der Waals surface area contributed by atoms with Gasteiger partial charge in [0.05, 0.1) is 33.7 Å². The van der Waals surface area contributed by atoms with Crippen LogP contribution in [-0.4, -0.2) is 43.4 Å². The second kappa shape index (κ2) is 15.0. The Bertz CT molecular complexity index is 1570. The van der Waals surface area contributed by atoms with Crippen LogP contribution in [0.15, 0.2) is 66.7 Å². The minimum atomic E-state index is -4.58. The maximum atomic E-state index is 13.6. The van der Waals surface area contributed by atoms with Crippen LogP contribution in [-0.2, 0) is 26.9 Å². The summed E-state index contributed by atoms with van der Waals surface area (Å²) in [7, 11) is 1.22. The lowest BCUT2D eigenvalue weighted by molar-refractivity contribution is -0.146. The Hall–Kier alpha value is -4.09. The number of benzene rings is 3. The number of halogens is 5. The van der Waals surface area contributed by atoms with Crippen molar-refractivity contribution in [1.82, 2.24) is 10.6 Å². The zero-order valence-electron chi connectivity index (χ0n) is 24.8. The fourth-order valence-corrected chi connectivity index (χ4v) is 6.08. The summed E-state index contributed by atoms with van der Waals surface area (Å²) in [6, 6.07) is 14.5. The maximum absolute atomic E-state index is 13.6. The Balaban J connectivity index is 1.39. The molecular formula is C33H32Cl2F3N3O5. The van der Waals surface area contributed by atoms with Crippen LogP contribution >= 0.6 is 23.2 Å². The second-order valence-corrected chi connectivity index (χ2v) is 11.9. The predicted octanol–water partition coefficient (Wildman–Crippen LogP) is 6.85. The van der Waals surface area contributed by atoms with E-state index in [9.17, 15) is 32.3 Å². The van der Waals surface area contributed by atoms with E-state index >= 15 is 0 Å². The standard InChI is InChI=1S/C33H32Cl2F3N3O5/c1-46-30(44)26(18-20-10-12-23(13-11-20)40-29(43)27-24(34)8-5-9-25(27)35)41-31(45)32(14-2-3-15-32)16-17-39-28(42)21-6-4-7-22(19-21)33(36,37)38/h4-13,19,26H,2-3,14-18H2,1H3,(H,39,42)(H,40,43)(H,41,45)/t26-/m0/s1. The molecule has 0 bridgehead atoms. The quantitative estimate of drug-likeness (QED) is 0.192. The van der Waals surface area contributed by atoms with Gasteiger partial charge in [-0.3, -0.25) is 14.4 Å². The number of methoxy groups -OCH3 is 1. The van der Waals surface area contributed by atoms with Gasteiger partial charge in [-0.05, 0) is 67.3 Å². The topological polar surface area (TPSA) is 114 Å². The molecular weight excluding hydrogens is 646 g/mol. The summed E-state index contributed by atoms with van der Waals surface area (Å²) in [4.78, 5) is 51.6. The molecule has 1 atom stereocenters. The molecule has 244 valence electrons. The summed E-state index contributed by atoms with van der Waals surface area (Å²) < 4.78 is 44.1. The Morgan fingerprint density at radius 1 is 0.913 bits per heavy atom. The molecule has 3 aromatic carbocycles. The van der Waals surface area contributed by atoms with Gasteiger partial charge in [0.15, 0.2) is 0 Å². The molecule has 8 nitrogen and oxygen atoms in total. The van der Waals surface area contributed by atoms with Crippen LogP contribution < -0.4 is 16.0 Å². The highest BCUT2D eigenvalue weighted by molar-refractivity contribution is 6.40. The zero-order valence-corrected chi connectivity index (χ0v) is 26.3. The highest BCUT2D eigenvalue weighted by Gasteiger charge is 2.42. The van der Waals surface area contributed by atoms with Crippen molar-refractivity contribution >= 4 is 52.6 Å². The number of hydrogen-bond donors (Lipinski definition) is 3. The molecule has 3 amide bonds. The molecule has 46 heavy (non-hydrogen) atoms. The first-order valence-electron chi connectivity index (χ1n) is 14.5. The average Bonchev–Trinajstić information content (AvgIpc) is 3.51. The van der Waals surface area contributed by atoms with Crippen LogP contribution in [0.1, 0.15) is 63.9 Å². The van der Waals surface area contributed by atoms with E-state index in [2.05, 4.69) is 16.0 Å². The number of carbonyl (C=O) groups excluding carboxylic acids is 4. The van der Waals surface area contributed by atoms with E-state index in [0.717, 1.165) is 31.0 Å². The molecule has 0 heterocycles. The monoisotopic (exact) mass is 677 g/mol. The van der Waals surface area contributed by atoms with Crippen molar-refractivity contribution in [3.05, 3.63) is 99.0 Å². The number of ether oxygens (including phenoxy) is 1. The molecule has 3 aromatic rings.